The van der Waals surface area contributed by atoms with E-state index < -0.39 is 5.97 Å². The Morgan fingerprint density at radius 1 is 1.75 bits per heavy atom. The van der Waals surface area contributed by atoms with E-state index in [2.05, 4.69) is 15.2 Å². The number of aromatic amines is 1. The first-order valence-electron chi connectivity index (χ1n) is 3.42. The van der Waals surface area contributed by atoms with Crippen molar-refractivity contribution in [1.29, 1.82) is 0 Å². The molecule has 0 amide bonds. The average molecular weight is 187 g/mol. The molecule has 2 N–H and O–H groups in total. The van der Waals surface area contributed by atoms with Gasteiger partial charge in [0.2, 0.25) is 5.16 Å². The van der Waals surface area contributed by atoms with Crippen LogP contribution in [0.5, 0.6) is 0 Å². The number of carbonyl (C=O) groups is 1. The van der Waals surface area contributed by atoms with E-state index in [1.807, 2.05) is 0 Å². The standard InChI is InChI=1S/C6H9N3O2S/c1-4-7-6(9-8-4)12-3-2-5(10)11/h2-3H2,1H3,(H,10,11)(H,7,8,9). The maximum atomic E-state index is 10.1. The van der Waals surface area contributed by atoms with Crippen molar-refractivity contribution in [2.75, 3.05) is 5.75 Å². The van der Waals surface area contributed by atoms with Crippen LogP contribution in [0.3, 0.4) is 0 Å². The Morgan fingerprint density at radius 3 is 3.00 bits per heavy atom. The highest BCUT2D eigenvalue weighted by Crippen LogP contribution is 2.12. The molecule has 0 unspecified atom stereocenters. The van der Waals surface area contributed by atoms with Crippen molar-refractivity contribution in [3.05, 3.63) is 5.82 Å². The number of nitrogens with zero attached hydrogens (tertiary/aromatic N) is 2. The maximum absolute atomic E-state index is 10.1. The molecular formula is C6H9N3O2S. The number of hydrogen-bond acceptors (Lipinski definition) is 4. The Balaban J connectivity index is 2.29. The van der Waals surface area contributed by atoms with Gasteiger partial charge in [-0.15, -0.1) is 5.10 Å². The first-order chi connectivity index (χ1) is 5.68. The number of aromatic nitrogens is 3. The molecule has 0 aliphatic rings. The molecule has 6 heteroatoms. The lowest BCUT2D eigenvalue weighted by molar-refractivity contribution is -0.136. The number of aliphatic carboxylic acids is 1. The summed E-state index contributed by atoms with van der Waals surface area (Å²) in [5, 5.41) is 15.5. The molecule has 0 atom stereocenters. The van der Waals surface area contributed by atoms with Crippen LogP contribution < -0.4 is 0 Å². The largest absolute Gasteiger partial charge is 0.481 e. The molecular weight excluding hydrogens is 178 g/mol. The van der Waals surface area contributed by atoms with E-state index >= 15 is 0 Å². The molecule has 0 spiro atoms. The van der Waals surface area contributed by atoms with Gasteiger partial charge in [0.05, 0.1) is 6.42 Å². The number of rotatable bonds is 4. The van der Waals surface area contributed by atoms with Crippen molar-refractivity contribution in [2.45, 2.75) is 18.5 Å². The van der Waals surface area contributed by atoms with Crippen LogP contribution in [-0.2, 0) is 4.79 Å². The van der Waals surface area contributed by atoms with Gasteiger partial charge >= 0.3 is 5.97 Å². The molecule has 0 aliphatic carbocycles. The van der Waals surface area contributed by atoms with E-state index in [9.17, 15) is 4.79 Å². The zero-order valence-electron chi connectivity index (χ0n) is 6.57. The Hall–Kier alpha value is -1.04. The van der Waals surface area contributed by atoms with E-state index in [0.717, 1.165) is 5.82 Å². The van der Waals surface area contributed by atoms with Crippen LogP contribution in [0.1, 0.15) is 12.2 Å². The third-order valence-electron chi connectivity index (χ3n) is 1.12. The zero-order chi connectivity index (χ0) is 8.97. The van der Waals surface area contributed by atoms with Gasteiger partial charge in [-0.1, -0.05) is 11.8 Å². The second-order valence-corrected chi connectivity index (χ2v) is 3.26. The first-order valence-corrected chi connectivity index (χ1v) is 4.40. The molecule has 0 aromatic carbocycles. The van der Waals surface area contributed by atoms with Gasteiger partial charge in [0.15, 0.2) is 0 Å². The highest BCUT2D eigenvalue weighted by atomic mass is 32.2. The minimum absolute atomic E-state index is 0.137. The van der Waals surface area contributed by atoms with Crippen molar-refractivity contribution in [3.8, 4) is 0 Å². The number of nitrogens with one attached hydrogen (secondary N) is 1. The summed E-state index contributed by atoms with van der Waals surface area (Å²) < 4.78 is 0. The van der Waals surface area contributed by atoms with Crippen molar-refractivity contribution in [2.24, 2.45) is 0 Å². The SMILES string of the molecule is Cc1nc(SCCC(=O)O)n[nH]1. The van der Waals surface area contributed by atoms with Crippen LogP contribution in [-0.4, -0.2) is 32.0 Å². The predicted octanol–water partition coefficient (Wildman–Crippen LogP) is 0.680. The second-order valence-electron chi connectivity index (χ2n) is 2.20. The summed E-state index contributed by atoms with van der Waals surface area (Å²) >= 11 is 1.34. The summed E-state index contributed by atoms with van der Waals surface area (Å²) in [6.07, 6.45) is 0.137. The van der Waals surface area contributed by atoms with Gasteiger partial charge < -0.3 is 5.11 Å². The Labute approximate surface area is 73.6 Å². The molecule has 0 radical (unpaired) electrons. The van der Waals surface area contributed by atoms with Crippen LogP contribution in [0.4, 0.5) is 0 Å². The topological polar surface area (TPSA) is 78.9 Å². The van der Waals surface area contributed by atoms with Gasteiger partial charge in [0, 0.05) is 5.75 Å². The number of carboxylic acids is 1. The monoisotopic (exact) mass is 187 g/mol. The summed E-state index contributed by atoms with van der Waals surface area (Å²) in [5.41, 5.74) is 0. The summed E-state index contributed by atoms with van der Waals surface area (Å²) in [6, 6.07) is 0. The van der Waals surface area contributed by atoms with Crippen molar-refractivity contribution in [1.82, 2.24) is 15.2 Å². The van der Waals surface area contributed by atoms with E-state index in [0.29, 0.717) is 10.9 Å². The molecule has 0 fully saturated rings. The fourth-order valence-corrected chi connectivity index (χ4v) is 1.39. The molecule has 1 rings (SSSR count). The summed E-state index contributed by atoms with van der Waals surface area (Å²) in [6.45, 7) is 1.80. The quantitative estimate of drug-likeness (QED) is 0.677. The minimum atomic E-state index is -0.797. The number of hydrogen-bond donors (Lipinski definition) is 2. The highest BCUT2D eigenvalue weighted by Gasteiger charge is 2.02. The first kappa shape index (κ1) is 9.05. The molecule has 1 aromatic rings. The van der Waals surface area contributed by atoms with Crippen LogP contribution in [0.25, 0.3) is 0 Å². The average Bonchev–Trinajstić information content (AvgIpc) is 2.35. The number of carboxylic acid groups (broad SMARTS) is 1. The molecule has 0 bridgehead atoms. The number of thioether (sulfide) groups is 1. The predicted molar refractivity (Wildman–Crippen MR) is 44.1 cm³/mol. The normalized spacial score (nSPS) is 10.1. The number of H-pyrrole nitrogens is 1. The Kier molecular flexibility index (Phi) is 3.09. The van der Waals surface area contributed by atoms with Gasteiger partial charge in [-0.3, -0.25) is 9.89 Å². The number of aryl methyl sites for hydroxylation is 1. The fourth-order valence-electron chi connectivity index (χ4n) is 0.616. The van der Waals surface area contributed by atoms with E-state index in [1.54, 1.807) is 6.92 Å². The highest BCUT2D eigenvalue weighted by molar-refractivity contribution is 7.99. The molecule has 0 saturated heterocycles. The zero-order valence-corrected chi connectivity index (χ0v) is 7.39. The van der Waals surface area contributed by atoms with Crippen LogP contribution in [0, 0.1) is 6.92 Å². The third kappa shape index (κ3) is 2.91. The third-order valence-corrected chi connectivity index (χ3v) is 1.97. The van der Waals surface area contributed by atoms with Gasteiger partial charge in [-0.25, -0.2) is 4.98 Å². The molecule has 0 saturated carbocycles. The van der Waals surface area contributed by atoms with Gasteiger partial charge in [0.25, 0.3) is 0 Å². The Morgan fingerprint density at radius 2 is 2.50 bits per heavy atom. The van der Waals surface area contributed by atoms with Gasteiger partial charge in [0.1, 0.15) is 5.82 Å². The Bertz CT molecular complexity index is 274. The lowest BCUT2D eigenvalue weighted by atomic mass is 10.5. The molecule has 12 heavy (non-hydrogen) atoms. The molecule has 1 heterocycles. The van der Waals surface area contributed by atoms with Crippen LogP contribution in [0.15, 0.2) is 5.16 Å². The van der Waals surface area contributed by atoms with Crippen LogP contribution >= 0.6 is 11.8 Å². The van der Waals surface area contributed by atoms with E-state index in [-0.39, 0.29) is 6.42 Å². The molecule has 1 aromatic heterocycles. The van der Waals surface area contributed by atoms with Gasteiger partial charge in [-0.05, 0) is 6.92 Å². The lowest BCUT2D eigenvalue weighted by Gasteiger charge is -1.90. The smallest absolute Gasteiger partial charge is 0.304 e. The van der Waals surface area contributed by atoms with Gasteiger partial charge in [-0.2, -0.15) is 0 Å². The van der Waals surface area contributed by atoms with Crippen LogP contribution in [0.2, 0.25) is 0 Å². The summed E-state index contributed by atoms with van der Waals surface area (Å²) in [5.74, 6) is 0.453. The van der Waals surface area contributed by atoms with Crippen molar-refractivity contribution < 1.29 is 9.90 Å². The fraction of sp³-hybridized carbons (Fsp3) is 0.500. The van der Waals surface area contributed by atoms with E-state index in [4.69, 9.17) is 5.11 Å². The summed E-state index contributed by atoms with van der Waals surface area (Å²) in [4.78, 5) is 14.1. The minimum Gasteiger partial charge on any atom is -0.481 e. The molecule has 66 valence electrons. The van der Waals surface area contributed by atoms with Crippen molar-refractivity contribution >= 4 is 17.7 Å². The summed E-state index contributed by atoms with van der Waals surface area (Å²) in [7, 11) is 0. The second kappa shape index (κ2) is 4.10. The lowest BCUT2D eigenvalue weighted by Crippen LogP contribution is -1.95. The molecule has 5 nitrogen and oxygen atoms in total. The van der Waals surface area contributed by atoms with E-state index in [1.165, 1.54) is 11.8 Å². The molecule has 0 aliphatic heterocycles. The maximum Gasteiger partial charge on any atom is 0.304 e. The van der Waals surface area contributed by atoms with Crippen molar-refractivity contribution in [3.63, 3.8) is 0 Å².